The Bertz CT molecular complexity index is 1070. The van der Waals surface area contributed by atoms with Gasteiger partial charge in [0, 0.05) is 15.9 Å². The van der Waals surface area contributed by atoms with Crippen LogP contribution in [0.15, 0.2) is 33.0 Å². The fraction of sp³-hybridized carbons (Fsp3) is 0.450. The second kappa shape index (κ2) is 8.60. The molecule has 1 saturated heterocycles. The van der Waals surface area contributed by atoms with Crippen LogP contribution in [0.1, 0.15) is 25.7 Å². The monoisotopic (exact) mass is 490 g/mol. The Kier molecular flexibility index (Phi) is 5.70. The number of nitrogens with one attached hydrogen (secondary N) is 1. The van der Waals surface area contributed by atoms with Gasteiger partial charge in [-0.25, -0.2) is 15.0 Å². The average molecular weight is 491 g/mol. The molecule has 3 N–H and O–H groups in total. The van der Waals surface area contributed by atoms with Crippen LogP contribution in [0.2, 0.25) is 0 Å². The Morgan fingerprint density at radius 1 is 1.27 bits per heavy atom. The van der Waals surface area contributed by atoms with E-state index in [1.807, 2.05) is 12.1 Å². The summed E-state index contributed by atoms with van der Waals surface area (Å²) in [5.41, 5.74) is 7.52. The van der Waals surface area contributed by atoms with E-state index in [-0.39, 0.29) is 6.79 Å². The van der Waals surface area contributed by atoms with E-state index in [1.165, 1.54) is 25.6 Å². The van der Waals surface area contributed by atoms with Crippen LogP contribution < -0.4 is 20.5 Å². The molecule has 0 spiro atoms. The van der Waals surface area contributed by atoms with Crippen molar-refractivity contribution in [1.29, 1.82) is 0 Å². The van der Waals surface area contributed by atoms with Gasteiger partial charge in [0.15, 0.2) is 33.6 Å². The maximum atomic E-state index is 6.09. The van der Waals surface area contributed by atoms with Gasteiger partial charge >= 0.3 is 0 Å². The number of fused-ring (bicyclic) bond motifs is 2. The third kappa shape index (κ3) is 3.95. The number of ether oxygens (including phenoxy) is 2. The van der Waals surface area contributed by atoms with E-state index >= 15 is 0 Å². The normalized spacial score (nSPS) is 18.2. The summed E-state index contributed by atoms with van der Waals surface area (Å²) in [6.45, 7) is 3.35. The number of hydrogen-bond donors (Lipinski definition) is 2. The van der Waals surface area contributed by atoms with E-state index in [9.17, 15) is 0 Å². The molecule has 10 heteroatoms. The molecule has 0 radical (unpaired) electrons. The van der Waals surface area contributed by atoms with Crippen LogP contribution >= 0.6 is 27.7 Å². The smallest absolute Gasteiger partial charge is 0.231 e. The quantitative estimate of drug-likeness (QED) is 0.537. The number of benzene rings is 1. The van der Waals surface area contributed by atoms with Gasteiger partial charge in [0.1, 0.15) is 6.33 Å². The third-order valence-electron chi connectivity index (χ3n) is 5.55. The fourth-order valence-corrected chi connectivity index (χ4v) is 5.51. The molecule has 2 aliphatic rings. The molecule has 0 saturated carbocycles. The van der Waals surface area contributed by atoms with Crippen LogP contribution in [-0.4, -0.2) is 39.4 Å². The summed E-state index contributed by atoms with van der Waals surface area (Å²) in [6.07, 6.45) is 6.33. The SMILES string of the molecule is Nc1ncnc2c1nc(Sc1cc3c(cc1Br)OCO3)n2CCCC1CCCNC1. The molecule has 3 aromatic rings. The van der Waals surface area contributed by atoms with E-state index in [2.05, 4.69) is 35.8 Å². The highest BCUT2D eigenvalue weighted by Gasteiger charge is 2.21. The maximum Gasteiger partial charge on any atom is 0.231 e. The summed E-state index contributed by atoms with van der Waals surface area (Å²) in [5, 5.41) is 4.34. The molecular formula is C20H23BrN6O2S. The van der Waals surface area contributed by atoms with Gasteiger partial charge in [0.05, 0.1) is 0 Å². The number of aryl methyl sites for hydroxylation is 1. The minimum atomic E-state index is 0.247. The molecule has 4 heterocycles. The van der Waals surface area contributed by atoms with Crippen LogP contribution in [0, 0.1) is 5.92 Å². The van der Waals surface area contributed by atoms with Crippen molar-refractivity contribution in [2.75, 3.05) is 25.6 Å². The summed E-state index contributed by atoms with van der Waals surface area (Å²) in [7, 11) is 0. The van der Waals surface area contributed by atoms with Gasteiger partial charge in [0.25, 0.3) is 0 Å². The first-order chi connectivity index (χ1) is 14.7. The van der Waals surface area contributed by atoms with E-state index in [0.717, 1.165) is 63.6 Å². The van der Waals surface area contributed by atoms with Crippen molar-refractivity contribution in [3.8, 4) is 11.5 Å². The highest BCUT2D eigenvalue weighted by atomic mass is 79.9. The number of anilines is 1. The van der Waals surface area contributed by atoms with Crippen molar-refractivity contribution in [3.63, 3.8) is 0 Å². The number of rotatable bonds is 6. The molecular weight excluding hydrogens is 468 g/mol. The van der Waals surface area contributed by atoms with E-state index in [1.54, 1.807) is 11.8 Å². The molecule has 5 rings (SSSR count). The highest BCUT2D eigenvalue weighted by molar-refractivity contribution is 9.10. The predicted octanol–water partition coefficient (Wildman–Crippen LogP) is 3.83. The Labute approximate surface area is 187 Å². The van der Waals surface area contributed by atoms with Gasteiger partial charge < -0.3 is 25.1 Å². The zero-order valence-electron chi connectivity index (χ0n) is 16.4. The van der Waals surface area contributed by atoms with E-state index < -0.39 is 0 Å². The lowest BCUT2D eigenvalue weighted by atomic mass is 9.95. The first-order valence-corrected chi connectivity index (χ1v) is 11.7. The minimum Gasteiger partial charge on any atom is -0.454 e. The van der Waals surface area contributed by atoms with E-state index in [4.69, 9.17) is 20.2 Å². The molecule has 0 bridgehead atoms. The average Bonchev–Trinajstić information content (AvgIpc) is 3.34. The summed E-state index contributed by atoms with van der Waals surface area (Å²) < 4.78 is 14.1. The van der Waals surface area contributed by atoms with Gasteiger partial charge in [-0.05, 0) is 72.8 Å². The van der Waals surface area contributed by atoms with Crippen molar-refractivity contribution in [2.24, 2.45) is 5.92 Å². The zero-order chi connectivity index (χ0) is 20.5. The molecule has 2 aromatic heterocycles. The number of aromatic nitrogens is 4. The molecule has 2 aliphatic heterocycles. The molecule has 8 nitrogen and oxygen atoms in total. The van der Waals surface area contributed by atoms with Crippen LogP contribution in [-0.2, 0) is 6.54 Å². The van der Waals surface area contributed by atoms with Crippen molar-refractivity contribution in [3.05, 3.63) is 22.9 Å². The number of piperidine rings is 1. The third-order valence-corrected chi connectivity index (χ3v) is 7.52. The molecule has 1 aromatic carbocycles. The van der Waals surface area contributed by atoms with Crippen molar-refractivity contribution in [1.82, 2.24) is 24.8 Å². The molecule has 0 amide bonds. The standard InChI is InChI=1S/C20H23BrN6O2S/c21-13-7-14-15(29-11-28-14)8-16(13)30-20-26-17-18(22)24-10-25-19(17)27(20)6-2-4-12-3-1-5-23-9-12/h7-8,10,12,23H,1-6,9,11H2,(H2,22,24,25). The number of imidazole rings is 1. The van der Waals surface area contributed by atoms with Gasteiger partial charge in [-0.3, -0.25) is 0 Å². The minimum absolute atomic E-state index is 0.247. The lowest BCUT2D eigenvalue weighted by molar-refractivity contribution is 0.174. The van der Waals surface area contributed by atoms with Gasteiger partial charge in [0.2, 0.25) is 6.79 Å². The lowest BCUT2D eigenvalue weighted by Gasteiger charge is -2.22. The summed E-state index contributed by atoms with van der Waals surface area (Å²) in [6, 6.07) is 3.91. The number of halogens is 1. The molecule has 30 heavy (non-hydrogen) atoms. The Hall–Kier alpha value is -2.04. The number of hydrogen-bond acceptors (Lipinski definition) is 8. The van der Waals surface area contributed by atoms with Crippen LogP contribution in [0.5, 0.6) is 11.5 Å². The summed E-state index contributed by atoms with van der Waals surface area (Å²) in [4.78, 5) is 14.4. The van der Waals surface area contributed by atoms with E-state index in [0.29, 0.717) is 11.3 Å². The summed E-state index contributed by atoms with van der Waals surface area (Å²) >= 11 is 5.20. The Balaban J connectivity index is 1.42. The van der Waals surface area contributed by atoms with Gasteiger partial charge in [-0.15, -0.1) is 0 Å². The Morgan fingerprint density at radius 3 is 2.97 bits per heavy atom. The lowest BCUT2D eigenvalue weighted by Crippen LogP contribution is -2.29. The van der Waals surface area contributed by atoms with Gasteiger partial charge in [-0.1, -0.05) is 11.8 Å². The molecule has 1 atom stereocenters. The maximum absolute atomic E-state index is 6.09. The second-order valence-electron chi connectivity index (χ2n) is 7.57. The van der Waals surface area contributed by atoms with Crippen LogP contribution in [0.4, 0.5) is 5.82 Å². The number of nitrogens with zero attached hydrogens (tertiary/aromatic N) is 4. The van der Waals surface area contributed by atoms with Crippen molar-refractivity contribution < 1.29 is 9.47 Å². The van der Waals surface area contributed by atoms with Crippen LogP contribution in [0.25, 0.3) is 11.2 Å². The van der Waals surface area contributed by atoms with Gasteiger partial charge in [-0.2, -0.15) is 0 Å². The molecule has 0 aliphatic carbocycles. The molecule has 1 fully saturated rings. The highest BCUT2D eigenvalue weighted by Crippen LogP contribution is 2.43. The zero-order valence-corrected chi connectivity index (χ0v) is 18.8. The predicted molar refractivity (Wildman–Crippen MR) is 119 cm³/mol. The molecule has 1 unspecified atom stereocenters. The summed E-state index contributed by atoms with van der Waals surface area (Å²) in [5.74, 6) is 2.64. The largest absolute Gasteiger partial charge is 0.454 e. The number of nitrogens with two attached hydrogens (primary N) is 1. The topological polar surface area (TPSA) is 100 Å². The van der Waals surface area contributed by atoms with Crippen molar-refractivity contribution >= 4 is 44.7 Å². The first kappa shape index (κ1) is 19.9. The first-order valence-electron chi connectivity index (χ1n) is 10.1. The number of nitrogen functional groups attached to an aromatic ring is 1. The fourth-order valence-electron chi connectivity index (χ4n) is 4.00. The Morgan fingerprint density at radius 2 is 2.13 bits per heavy atom. The van der Waals surface area contributed by atoms with Crippen molar-refractivity contribution in [2.45, 2.75) is 42.3 Å². The second-order valence-corrected chi connectivity index (χ2v) is 9.43. The molecule has 158 valence electrons. The van der Waals surface area contributed by atoms with Crippen LogP contribution in [0.3, 0.4) is 0 Å².